The zero-order valence-electron chi connectivity index (χ0n) is 2.60. The molecule has 5 heteroatoms. The second kappa shape index (κ2) is 51.9. The zero-order valence-corrected chi connectivity index (χ0v) is 6.17. The molecule has 0 aliphatic heterocycles. The van der Waals surface area contributed by atoms with Gasteiger partial charge in [-0.05, 0) is 0 Å². The van der Waals surface area contributed by atoms with Crippen LogP contribution in [0.1, 0.15) is 0 Å². The van der Waals surface area contributed by atoms with Gasteiger partial charge < -0.3 is 11.0 Å². The molecule has 2 nitrogen and oxygen atoms in total. The average molecular weight is 111 g/mol. The van der Waals surface area contributed by atoms with Gasteiger partial charge in [-0.25, -0.2) is 0 Å². The van der Waals surface area contributed by atoms with E-state index in [4.69, 9.17) is 0 Å². The third-order valence-electron chi connectivity index (χ3n) is 0. The molecule has 0 spiro atoms. The van der Waals surface area contributed by atoms with Crippen molar-refractivity contribution in [2.24, 2.45) is 0 Å². The molecule has 0 saturated carbocycles. The van der Waals surface area contributed by atoms with Crippen LogP contribution in [-0.2, 0) is 11.0 Å². The molecule has 0 aromatic carbocycles. The predicted molar refractivity (Wildman–Crippen MR) is 18.6 cm³/mol. The Hall–Kier alpha value is 1.44. The van der Waals surface area contributed by atoms with Crippen molar-refractivity contribution >= 4 is 51.4 Å². The smallest absolute Gasteiger partial charge is 2.00 e. The molecule has 0 saturated heterocycles. The van der Waals surface area contributed by atoms with Crippen molar-refractivity contribution in [3.05, 3.63) is 0 Å². The van der Waals surface area contributed by atoms with Crippen molar-refractivity contribution in [3.8, 4) is 0 Å². The standard InChI is InChI=1S/Al.Mg.2O.Si/q+3;+2;2*-2;+4. The minimum absolute atomic E-state index is 0. The second-order valence-electron chi connectivity index (χ2n) is 0. The van der Waals surface area contributed by atoms with Gasteiger partial charge in [-0.3, -0.25) is 0 Å². The van der Waals surface area contributed by atoms with Gasteiger partial charge in [0.1, 0.15) is 0 Å². The van der Waals surface area contributed by atoms with Crippen LogP contribution in [0.25, 0.3) is 0 Å². The van der Waals surface area contributed by atoms with Crippen molar-refractivity contribution in [1.29, 1.82) is 0 Å². The molecule has 0 fully saturated rings. The van der Waals surface area contributed by atoms with Crippen LogP contribution in [0, 0.1) is 0 Å². The maximum Gasteiger partial charge on any atom is 4.00 e. The first kappa shape index (κ1) is 92.3. The Kier molecular flexibility index (Phi) is 958. The topological polar surface area (TPSA) is 57.0 Å². The van der Waals surface area contributed by atoms with Gasteiger partial charge in [0.15, 0.2) is 0 Å². The molecule has 0 aliphatic carbocycles. The van der Waals surface area contributed by atoms with Crippen molar-refractivity contribution in [2.45, 2.75) is 0 Å². The third-order valence-corrected chi connectivity index (χ3v) is 0. The van der Waals surface area contributed by atoms with E-state index >= 15 is 0 Å². The Morgan fingerprint density at radius 1 is 0.800 bits per heavy atom. The van der Waals surface area contributed by atoms with Crippen LogP contribution in [0.2, 0.25) is 0 Å². The summed E-state index contributed by atoms with van der Waals surface area (Å²) in [4.78, 5) is 0. The van der Waals surface area contributed by atoms with Gasteiger partial charge in [0.25, 0.3) is 0 Å². The van der Waals surface area contributed by atoms with Gasteiger partial charge in [-0.1, -0.05) is 0 Å². The molecule has 5 heavy (non-hydrogen) atoms. The minimum Gasteiger partial charge on any atom is -2.00 e. The van der Waals surface area contributed by atoms with E-state index in [0.717, 1.165) is 0 Å². The first-order valence-electron chi connectivity index (χ1n) is 0. The quantitative estimate of drug-likeness (QED) is 0.346. The third kappa shape index (κ3) is 31.1. The van der Waals surface area contributed by atoms with Crippen LogP contribution in [0.4, 0.5) is 0 Å². The van der Waals surface area contributed by atoms with E-state index in [1.807, 2.05) is 0 Å². The van der Waals surface area contributed by atoms with E-state index < -0.39 is 0 Å². The molecular weight excluding hydrogens is 111 g/mol. The average Bonchev–Trinajstić information content (AvgIpc) is 0. The van der Waals surface area contributed by atoms with Gasteiger partial charge in [0.2, 0.25) is 0 Å². The summed E-state index contributed by atoms with van der Waals surface area (Å²) >= 11 is 0. The minimum atomic E-state index is 0. The van der Waals surface area contributed by atoms with Gasteiger partial charge in [0.05, 0.1) is 0 Å². The fraction of sp³-hybridized carbons (Fsp3) is 0. The summed E-state index contributed by atoms with van der Waals surface area (Å²) in [5, 5.41) is 0. The zero-order chi connectivity index (χ0) is 0. The molecule has 0 bridgehead atoms. The number of rotatable bonds is 0. The first-order chi connectivity index (χ1) is 0. The van der Waals surface area contributed by atoms with E-state index in [9.17, 15) is 0 Å². The van der Waals surface area contributed by atoms with Crippen LogP contribution in [0.5, 0.6) is 0 Å². The number of hydrogen-bond acceptors (Lipinski definition) is 0. The van der Waals surface area contributed by atoms with E-state index in [1.165, 1.54) is 0 Å². The maximum atomic E-state index is 0. The van der Waals surface area contributed by atoms with Crippen LogP contribution >= 0.6 is 0 Å². The second-order valence-corrected chi connectivity index (χ2v) is 0. The Bertz CT molecular complexity index is 9.61. The molecule has 0 aliphatic rings. The van der Waals surface area contributed by atoms with E-state index in [-0.39, 0.29) is 62.3 Å². The molecule has 0 heterocycles. The Morgan fingerprint density at radius 3 is 0.800 bits per heavy atom. The fourth-order valence-electron chi connectivity index (χ4n) is 0. The van der Waals surface area contributed by atoms with E-state index in [2.05, 4.69) is 0 Å². The Morgan fingerprint density at radius 2 is 0.800 bits per heavy atom. The van der Waals surface area contributed by atoms with Gasteiger partial charge in [-0.15, -0.1) is 0 Å². The molecule has 0 aromatic heterocycles. The molecule has 0 N–H and O–H groups in total. The van der Waals surface area contributed by atoms with Crippen LogP contribution in [0.15, 0.2) is 0 Å². The summed E-state index contributed by atoms with van der Waals surface area (Å²) in [5.41, 5.74) is 0. The summed E-state index contributed by atoms with van der Waals surface area (Å²) in [7, 11) is 0. The Labute approximate surface area is 62.2 Å². The van der Waals surface area contributed by atoms with Crippen molar-refractivity contribution in [1.82, 2.24) is 0 Å². The summed E-state index contributed by atoms with van der Waals surface area (Å²) in [6.45, 7) is 0. The molecular formula is AlMgO2Si+5. The maximum absolute atomic E-state index is 0. The van der Waals surface area contributed by atoms with Crippen molar-refractivity contribution < 1.29 is 11.0 Å². The molecule has 16 valence electrons. The monoisotopic (exact) mass is 111 g/mol. The molecule has 0 amide bonds. The summed E-state index contributed by atoms with van der Waals surface area (Å²) < 4.78 is 0. The number of hydrogen-bond donors (Lipinski definition) is 0. The molecule has 0 aromatic rings. The molecule has 0 unspecified atom stereocenters. The van der Waals surface area contributed by atoms with Crippen molar-refractivity contribution in [2.75, 3.05) is 0 Å². The summed E-state index contributed by atoms with van der Waals surface area (Å²) in [6, 6.07) is 0. The molecule has 0 radical (unpaired) electrons. The fourth-order valence-corrected chi connectivity index (χ4v) is 0. The van der Waals surface area contributed by atoms with Crippen molar-refractivity contribution in [3.63, 3.8) is 0 Å². The van der Waals surface area contributed by atoms with E-state index in [0.29, 0.717) is 0 Å². The van der Waals surface area contributed by atoms with Crippen LogP contribution < -0.4 is 0 Å². The Balaban J connectivity index is 0. The normalized spacial score (nSPS) is 0. The van der Waals surface area contributed by atoms with Gasteiger partial charge in [0, 0.05) is 0 Å². The molecule has 0 atom stereocenters. The molecule has 0 rings (SSSR count). The van der Waals surface area contributed by atoms with E-state index in [1.54, 1.807) is 0 Å². The van der Waals surface area contributed by atoms with Gasteiger partial charge in [-0.2, -0.15) is 0 Å². The summed E-state index contributed by atoms with van der Waals surface area (Å²) in [5.74, 6) is 0. The summed E-state index contributed by atoms with van der Waals surface area (Å²) in [6.07, 6.45) is 0. The largest absolute Gasteiger partial charge is 4.00 e. The predicted octanol–water partition coefficient (Wildman–Crippen LogP) is -1.38. The van der Waals surface area contributed by atoms with Crippen LogP contribution in [-0.4, -0.2) is 51.4 Å². The first-order valence-corrected chi connectivity index (χ1v) is 0. The van der Waals surface area contributed by atoms with Crippen LogP contribution in [0.3, 0.4) is 0 Å². The van der Waals surface area contributed by atoms with Gasteiger partial charge >= 0.3 is 51.4 Å². The SMILES string of the molecule is [Al+3].[Mg+2].[O-2].[O-2].[Si+4].